The van der Waals surface area contributed by atoms with Crippen molar-refractivity contribution in [3.05, 3.63) is 29.3 Å². The molecule has 0 fully saturated rings. The third-order valence-corrected chi connectivity index (χ3v) is 2.89. The number of aromatic nitrogens is 2. The molecule has 0 bridgehead atoms. The molecule has 2 aromatic rings. The van der Waals surface area contributed by atoms with E-state index in [9.17, 15) is 4.79 Å². The van der Waals surface area contributed by atoms with Crippen molar-refractivity contribution in [2.24, 2.45) is 0 Å². The number of hydrogen-bond donors (Lipinski definition) is 2. The van der Waals surface area contributed by atoms with Crippen molar-refractivity contribution < 1.29 is 14.4 Å². The van der Waals surface area contributed by atoms with E-state index in [1.54, 1.807) is 13.0 Å². The van der Waals surface area contributed by atoms with Crippen LogP contribution in [0.3, 0.4) is 0 Å². The van der Waals surface area contributed by atoms with Crippen LogP contribution in [0, 0.1) is 6.92 Å². The molecule has 7 heteroatoms. The maximum absolute atomic E-state index is 11.0. The summed E-state index contributed by atoms with van der Waals surface area (Å²) in [5, 5.41) is 16.0. The van der Waals surface area contributed by atoms with Gasteiger partial charge in [0.05, 0.1) is 18.4 Å². The summed E-state index contributed by atoms with van der Waals surface area (Å²) in [6.07, 6.45) is 1.53. The van der Waals surface area contributed by atoms with Crippen LogP contribution < -0.4 is 5.32 Å². The van der Waals surface area contributed by atoms with Crippen molar-refractivity contribution in [2.75, 3.05) is 5.32 Å². The number of rotatable bonds is 4. The van der Waals surface area contributed by atoms with Crippen LogP contribution >= 0.6 is 11.5 Å². The highest BCUT2D eigenvalue weighted by Gasteiger charge is 2.17. The summed E-state index contributed by atoms with van der Waals surface area (Å²) in [5.74, 6) is -0.339. The van der Waals surface area contributed by atoms with Gasteiger partial charge in [0.1, 0.15) is 10.6 Å². The van der Waals surface area contributed by atoms with Gasteiger partial charge in [-0.25, -0.2) is 4.79 Å². The smallest absolute Gasteiger partial charge is 0.340 e. The highest BCUT2D eigenvalue weighted by molar-refractivity contribution is 7.10. The fourth-order valence-electron chi connectivity index (χ4n) is 1.24. The molecule has 0 amide bonds. The highest BCUT2D eigenvalue weighted by atomic mass is 32.1. The third-order valence-electron chi connectivity index (χ3n) is 1.99. The first-order valence-corrected chi connectivity index (χ1v) is 5.29. The van der Waals surface area contributed by atoms with E-state index in [2.05, 4.69) is 14.8 Å². The van der Waals surface area contributed by atoms with Crippen LogP contribution in [0.1, 0.15) is 21.8 Å². The Balaban J connectivity index is 2.13. The number of anilines is 1. The van der Waals surface area contributed by atoms with E-state index in [4.69, 9.17) is 9.63 Å². The molecule has 0 saturated carbocycles. The Morgan fingerprint density at radius 1 is 1.69 bits per heavy atom. The van der Waals surface area contributed by atoms with Gasteiger partial charge >= 0.3 is 5.97 Å². The van der Waals surface area contributed by atoms with Crippen LogP contribution in [-0.4, -0.2) is 20.6 Å². The second-order valence-electron chi connectivity index (χ2n) is 3.11. The van der Waals surface area contributed by atoms with E-state index < -0.39 is 5.97 Å². The Bertz CT molecular complexity index is 492. The average Bonchev–Trinajstić information content (AvgIpc) is 2.83. The van der Waals surface area contributed by atoms with Gasteiger partial charge in [0.25, 0.3) is 0 Å². The first kappa shape index (κ1) is 10.6. The molecule has 16 heavy (non-hydrogen) atoms. The lowest BCUT2D eigenvalue weighted by molar-refractivity contribution is 0.0697. The minimum Gasteiger partial charge on any atom is -0.478 e. The summed E-state index contributed by atoms with van der Waals surface area (Å²) in [4.78, 5) is 11.0. The van der Waals surface area contributed by atoms with Crippen LogP contribution in [0.15, 0.2) is 16.8 Å². The van der Waals surface area contributed by atoms with Gasteiger partial charge in [0, 0.05) is 6.07 Å². The summed E-state index contributed by atoms with van der Waals surface area (Å²) in [5.41, 5.74) is 0.724. The lowest BCUT2D eigenvalue weighted by Gasteiger charge is -2.01. The van der Waals surface area contributed by atoms with Crippen LogP contribution in [-0.2, 0) is 6.54 Å². The standard InChI is InChI=1S/C9H9N3O3S/c1-5-7(9(13)14)8(16-12-5)10-4-6-2-3-11-15-6/h2-3,10H,4H2,1H3,(H,13,14). The fraction of sp³-hybridized carbons (Fsp3) is 0.222. The summed E-state index contributed by atoms with van der Waals surface area (Å²) >= 11 is 1.12. The largest absolute Gasteiger partial charge is 0.478 e. The zero-order valence-electron chi connectivity index (χ0n) is 8.43. The number of carboxylic acid groups (broad SMARTS) is 1. The molecular formula is C9H9N3O3S. The van der Waals surface area contributed by atoms with E-state index in [0.29, 0.717) is 23.0 Å². The lowest BCUT2D eigenvalue weighted by atomic mass is 10.2. The van der Waals surface area contributed by atoms with Gasteiger partial charge in [-0.2, -0.15) is 4.37 Å². The average molecular weight is 239 g/mol. The molecular weight excluding hydrogens is 230 g/mol. The highest BCUT2D eigenvalue weighted by Crippen LogP contribution is 2.24. The second kappa shape index (κ2) is 4.31. The quantitative estimate of drug-likeness (QED) is 0.845. The van der Waals surface area contributed by atoms with Gasteiger partial charge in [0.2, 0.25) is 0 Å². The molecule has 0 atom stereocenters. The Hall–Kier alpha value is -1.89. The van der Waals surface area contributed by atoms with Gasteiger partial charge in [-0.05, 0) is 18.5 Å². The van der Waals surface area contributed by atoms with Gasteiger partial charge in [-0.15, -0.1) is 0 Å². The van der Waals surface area contributed by atoms with Gasteiger partial charge in [0.15, 0.2) is 5.76 Å². The Morgan fingerprint density at radius 3 is 3.12 bits per heavy atom. The molecule has 6 nitrogen and oxygen atoms in total. The molecule has 2 rings (SSSR count). The van der Waals surface area contributed by atoms with Crippen molar-refractivity contribution in [3.8, 4) is 0 Å². The minimum atomic E-state index is -0.980. The molecule has 0 radical (unpaired) electrons. The van der Waals surface area contributed by atoms with Crippen molar-refractivity contribution in [1.82, 2.24) is 9.53 Å². The SMILES string of the molecule is Cc1nsc(NCc2ccno2)c1C(=O)O. The van der Waals surface area contributed by atoms with Crippen molar-refractivity contribution in [3.63, 3.8) is 0 Å². The first-order valence-electron chi connectivity index (χ1n) is 4.51. The number of carboxylic acids is 1. The monoisotopic (exact) mass is 239 g/mol. The van der Waals surface area contributed by atoms with E-state index in [1.165, 1.54) is 6.20 Å². The summed E-state index contributed by atoms with van der Waals surface area (Å²) in [6.45, 7) is 2.06. The number of hydrogen-bond acceptors (Lipinski definition) is 6. The van der Waals surface area contributed by atoms with E-state index >= 15 is 0 Å². The van der Waals surface area contributed by atoms with Crippen molar-refractivity contribution in [1.29, 1.82) is 0 Å². The van der Waals surface area contributed by atoms with Crippen LogP contribution in [0.4, 0.5) is 5.00 Å². The van der Waals surface area contributed by atoms with Crippen molar-refractivity contribution >= 4 is 22.5 Å². The number of carbonyl (C=O) groups is 1. The van der Waals surface area contributed by atoms with Crippen LogP contribution in [0.2, 0.25) is 0 Å². The summed E-state index contributed by atoms with van der Waals surface area (Å²) < 4.78 is 8.88. The number of aryl methyl sites for hydroxylation is 1. The van der Waals surface area contributed by atoms with Crippen LogP contribution in [0.25, 0.3) is 0 Å². The predicted molar refractivity (Wildman–Crippen MR) is 57.6 cm³/mol. The maximum Gasteiger partial charge on any atom is 0.340 e. The zero-order valence-corrected chi connectivity index (χ0v) is 9.24. The first-order chi connectivity index (χ1) is 7.68. The predicted octanol–water partition coefficient (Wildman–Crippen LogP) is 1.75. The molecule has 2 N–H and O–H groups in total. The molecule has 0 aromatic carbocycles. The summed E-state index contributed by atoms with van der Waals surface area (Å²) in [6, 6.07) is 1.71. The topological polar surface area (TPSA) is 88.3 Å². The number of nitrogens with zero attached hydrogens (tertiary/aromatic N) is 2. The molecule has 0 aliphatic heterocycles. The van der Waals surface area contributed by atoms with E-state index in [0.717, 1.165) is 11.5 Å². The Kier molecular flexibility index (Phi) is 2.86. The molecule has 0 unspecified atom stereocenters. The fourth-order valence-corrected chi connectivity index (χ4v) is 2.03. The van der Waals surface area contributed by atoms with Crippen LogP contribution in [0.5, 0.6) is 0 Å². The normalized spacial score (nSPS) is 10.3. The molecule has 84 valence electrons. The molecule has 2 heterocycles. The Labute approximate surface area is 95.1 Å². The maximum atomic E-state index is 11.0. The Morgan fingerprint density at radius 2 is 2.50 bits per heavy atom. The third kappa shape index (κ3) is 2.03. The second-order valence-corrected chi connectivity index (χ2v) is 3.88. The van der Waals surface area contributed by atoms with Gasteiger partial charge < -0.3 is 14.9 Å². The number of nitrogens with one attached hydrogen (secondary N) is 1. The molecule has 0 aliphatic carbocycles. The minimum absolute atomic E-state index is 0.213. The number of aromatic carboxylic acids is 1. The van der Waals surface area contributed by atoms with Gasteiger partial charge in [-0.3, -0.25) is 0 Å². The molecule has 2 aromatic heterocycles. The summed E-state index contributed by atoms with van der Waals surface area (Å²) in [7, 11) is 0. The van der Waals surface area contributed by atoms with Gasteiger partial charge in [-0.1, -0.05) is 5.16 Å². The molecule has 0 saturated heterocycles. The molecule has 0 aliphatic rings. The lowest BCUT2D eigenvalue weighted by Crippen LogP contribution is -2.04. The van der Waals surface area contributed by atoms with Crippen molar-refractivity contribution in [2.45, 2.75) is 13.5 Å². The van der Waals surface area contributed by atoms with E-state index in [1.807, 2.05) is 0 Å². The molecule has 0 spiro atoms. The van der Waals surface area contributed by atoms with E-state index in [-0.39, 0.29) is 5.56 Å². The zero-order chi connectivity index (χ0) is 11.5.